The van der Waals surface area contributed by atoms with Crippen molar-refractivity contribution in [2.24, 2.45) is 5.92 Å². The summed E-state index contributed by atoms with van der Waals surface area (Å²) >= 11 is 0. The van der Waals surface area contributed by atoms with Crippen LogP contribution in [0.2, 0.25) is 0 Å². The molecule has 104 valence electrons. The maximum absolute atomic E-state index is 13.2. The van der Waals surface area contributed by atoms with Gasteiger partial charge in [0.25, 0.3) is 0 Å². The molecule has 0 saturated heterocycles. The molecular formula is C14H20BFO3. The highest BCUT2D eigenvalue weighted by atomic mass is 19.1. The van der Waals surface area contributed by atoms with Gasteiger partial charge in [-0.25, -0.2) is 4.39 Å². The SMILES string of the molecule is CCC1CCC(Oc2cc(F)ccc2B(O)O)CC1. The third-order valence-electron chi connectivity index (χ3n) is 3.92. The van der Waals surface area contributed by atoms with Crippen molar-refractivity contribution < 1.29 is 19.2 Å². The van der Waals surface area contributed by atoms with Gasteiger partial charge in [0.1, 0.15) is 11.6 Å². The molecule has 1 aliphatic rings. The smallest absolute Gasteiger partial charge is 0.491 e. The lowest BCUT2D eigenvalue weighted by Crippen LogP contribution is -2.34. The van der Waals surface area contributed by atoms with Gasteiger partial charge >= 0.3 is 7.12 Å². The lowest BCUT2D eigenvalue weighted by Gasteiger charge is -2.29. The summed E-state index contributed by atoms with van der Waals surface area (Å²) in [6, 6.07) is 3.78. The Kier molecular flexibility index (Phi) is 4.83. The zero-order valence-electron chi connectivity index (χ0n) is 11.2. The Labute approximate surface area is 113 Å². The van der Waals surface area contributed by atoms with Crippen molar-refractivity contribution in [3.05, 3.63) is 24.0 Å². The highest BCUT2D eigenvalue weighted by Gasteiger charge is 2.24. The first kappa shape index (κ1) is 14.3. The van der Waals surface area contributed by atoms with E-state index in [0.717, 1.165) is 31.6 Å². The average molecular weight is 266 g/mol. The monoisotopic (exact) mass is 266 g/mol. The van der Waals surface area contributed by atoms with Gasteiger partial charge in [0.2, 0.25) is 0 Å². The van der Waals surface area contributed by atoms with Crippen LogP contribution in [-0.4, -0.2) is 23.3 Å². The van der Waals surface area contributed by atoms with Crippen molar-refractivity contribution in [1.82, 2.24) is 0 Å². The van der Waals surface area contributed by atoms with Crippen molar-refractivity contribution in [1.29, 1.82) is 0 Å². The molecule has 1 fully saturated rings. The lowest BCUT2D eigenvalue weighted by atomic mass is 9.79. The van der Waals surface area contributed by atoms with Crippen molar-refractivity contribution in [3.8, 4) is 5.75 Å². The molecule has 5 heteroatoms. The molecule has 0 radical (unpaired) electrons. The molecular weight excluding hydrogens is 246 g/mol. The molecule has 0 bridgehead atoms. The van der Waals surface area contributed by atoms with Crippen molar-refractivity contribution >= 4 is 12.6 Å². The maximum Gasteiger partial charge on any atom is 0.492 e. The fourth-order valence-corrected chi connectivity index (χ4v) is 2.66. The van der Waals surface area contributed by atoms with Crippen LogP contribution in [0.1, 0.15) is 39.0 Å². The van der Waals surface area contributed by atoms with Gasteiger partial charge < -0.3 is 14.8 Å². The Hall–Kier alpha value is -1.07. The Bertz CT molecular complexity index is 417. The van der Waals surface area contributed by atoms with E-state index in [-0.39, 0.29) is 17.3 Å². The van der Waals surface area contributed by atoms with Crippen LogP contribution >= 0.6 is 0 Å². The fraction of sp³-hybridized carbons (Fsp3) is 0.571. The molecule has 1 aromatic carbocycles. The normalized spacial score (nSPS) is 23.2. The van der Waals surface area contributed by atoms with Crippen LogP contribution in [0.4, 0.5) is 4.39 Å². The molecule has 0 aromatic heterocycles. The number of hydrogen-bond donors (Lipinski definition) is 2. The van der Waals surface area contributed by atoms with E-state index in [0.29, 0.717) is 0 Å². The van der Waals surface area contributed by atoms with E-state index < -0.39 is 12.9 Å². The van der Waals surface area contributed by atoms with Crippen LogP contribution in [-0.2, 0) is 0 Å². The summed E-state index contributed by atoms with van der Waals surface area (Å²) in [7, 11) is -1.64. The van der Waals surface area contributed by atoms with Crippen molar-refractivity contribution in [3.63, 3.8) is 0 Å². The quantitative estimate of drug-likeness (QED) is 0.818. The Morgan fingerprint density at radius 1 is 1.26 bits per heavy atom. The van der Waals surface area contributed by atoms with Gasteiger partial charge in [-0.1, -0.05) is 19.4 Å². The van der Waals surface area contributed by atoms with Gasteiger partial charge in [-0.15, -0.1) is 0 Å². The van der Waals surface area contributed by atoms with Crippen LogP contribution in [0.5, 0.6) is 5.75 Å². The van der Waals surface area contributed by atoms with Gasteiger partial charge in [-0.3, -0.25) is 0 Å². The average Bonchev–Trinajstić information content (AvgIpc) is 2.39. The minimum absolute atomic E-state index is 0.0436. The molecule has 2 rings (SSSR count). The van der Waals surface area contributed by atoms with E-state index in [1.165, 1.54) is 24.6 Å². The van der Waals surface area contributed by atoms with Gasteiger partial charge in [-0.05, 0) is 37.7 Å². The van der Waals surface area contributed by atoms with E-state index in [1.807, 2.05) is 0 Å². The van der Waals surface area contributed by atoms with Crippen LogP contribution < -0.4 is 10.2 Å². The number of rotatable bonds is 4. The Morgan fingerprint density at radius 2 is 1.95 bits per heavy atom. The second-order valence-electron chi connectivity index (χ2n) is 5.22. The number of ether oxygens (including phenoxy) is 1. The molecule has 0 heterocycles. The van der Waals surface area contributed by atoms with Gasteiger partial charge in [-0.2, -0.15) is 0 Å². The summed E-state index contributed by atoms with van der Waals surface area (Å²) in [6.45, 7) is 2.19. The van der Waals surface area contributed by atoms with Crippen LogP contribution in [0.25, 0.3) is 0 Å². The molecule has 3 nitrogen and oxygen atoms in total. The highest BCUT2D eigenvalue weighted by molar-refractivity contribution is 6.59. The lowest BCUT2D eigenvalue weighted by molar-refractivity contribution is 0.130. The van der Waals surface area contributed by atoms with Gasteiger partial charge in [0.05, 0.1) is 6.10 Å². The summed E-state index contributed by atoms with van der Waals surface area (Å²) in [5.41, 5.74) is 0.221. The summed E-state index contributed by atoms with van der Waals surface area (Å²) in [4.78, 5) is 0. The topological polar surface area (TPSA) is 49.7 Å². The third kappa shape index (κ3) is 3.70. The second kappa shape index (κ2) is 6.39. The molecule has 19 heavy (non-hydrogen) atoms. The largest absolute Gasteiger partial charge is 0.492 e. The molecule has 1 aromatic rings. The van der Waals surface area contributed by atoms with Crippen LogP contribution in [0, 0.1) is 11.7 Å². The van der Waals surface area contributed by atoms with E-state index in [4.69, 9.17) is 4.74 Å². The minimum Gasteiger partial charge on any atom is -0.491 e. The first-order chi connectivity index (χ1) is 9.10. The summed E-state index contributed by atoms with van der Waals surface area (Å²) in [6.07, 6.45) is 5.35. The molecule has 1 saturated carbocycles. The van der Waals surface area contributed by atoms with E-state index in [1.54, 1.807) is 0 Å². The predicted octanol–water partition coefficient (Wildman–Crippen LogP) is 1.85. The highest BCUT2D eigenvalue weighted by Crippen LogP contribution is 2.29. The molecule has 2 N–H and O–H groups in total. The molecule has 0 aliphatic heterocycles. The number of benzene rings is 1. The van der Waals surface area contributed by atoms with E-state index in [2.05, 4.69) is 6.92 Å². The Balaban J connectivity index is 2.04. The third-order valence-corrected chi connectivity index (χ3v) is 3.92. The van der Waals surface area contributed by atoms with E-state index >= 15 is 0 Å². The summed E-state index contributed by atoms with van der Waals surface area (Å²) < 4.78 is 19.0. The van der Waals surface area contributed by atoms with Crippen LogP contribution in [0.15, 0.2) is 18.2 Å². The summed E-state index contributed by atoms with van der Waals surface area (Å²) in [5.74, 6) is 0.576. The van der Waals surface area contributed by atoms with Gasteiger partial charge in [0.15, 0.2) is 0 Å². The van der Waals surface area contributed by atoms with Crippen molar-refractivity contribution in [2.75, 3.05) is 0 Å². The number of halogens is 1. The molecule has 0 unspecified atom stereocenters. The molecule has 0 spiro atoms. The van der Waals surface area contributed by atoms with Crippen molar-refractivity contribution in [2.45, 2.75) is 45.1 Å². The Morgan fingerprint density at radius 3 is 2.53 bits per heavy atom. The van der Waals surface area contributed by atoms with Gasteiger partial charge in [0, 0.05) is 11.5 Å². The maximum atomic E-state index is 13.2. The van der Waals surface area contributed by atoms with Crippen LogP contribution in [0.3, 0.4) is 0 Å². The number of hydrogen-bond acceptors (Lipinski definition) is 3. The second-order valence-corrected chi connectivity index (χ2v) is 5.22. The minimum atomic E-state index is -1.64. The standard InChI is InChI=1S/C14H20BFO3/c1-2-10-3-6-12(7-4-10)19-14-9-11(16)5-8-13(14)15(17)18/h5,8-10,12,17-18H,2-4,6-7H2,1H3. The summed E-state index contributed by atoms with van der Waals surface area (Å²) in [5, 5.41) is 18.5. The first-order valence-electron chi connectivity index (χ1n) is 6.92. The zero-order valence-corrected chi connectivity index (χ0v) is 11.2. The molecule has 0 atom stereocenters. The molecule has 0 amide bonds. The zero-order chi connectivity index (χ0) is 13.8. The molecule has 1 aliphatic carbocycles. The fourth-order valence-electron chi connectivity index (χ4n) is 2.66. The van der Waals surface area contributed by atoms with E-state index in [9.17, 15) is 14.4 Å². The predicted molar refractivity (Wildman–Crippen MR) is 72.9 cm³/mol. The first-order valence-corrected chi connectivity index (χ1v) is 6.92.